The van der Waals surface area contributed by atoms with E-state index in [1.54, 1.807) is 20.8 Å². The number of amides is 4. The SMILES string of the molecule is CCCCCCCCCCCCOC1C(=O)N(C(C(=O)Nc2c(Cl)cc(Cl)cc2Cl)C(=O)C(C)(C)C)C(=O)N1Cc1ccccc1. The average molecular weight is 695 g/mol. The van der Waals surface area contributed by atoms with Gasteiger partial charge in [0.2, 0.25) is 6.23 Å². The van der Waals surface area contributed by atoms with Gasteiger partial charge in [-0.15, -0.1) is 0 Å². The topological polar surface area (TPSA) is 96.0 Å². The molecule has 1 heterocycles. The summed E-state index contributed by atoms with van der Waals surface area (Å²) in [7, 11) is 0. The normalized spacial score (nSPS) is 15.8. The molecule has 1 fully saturated rings. The van der Waals surface area contributed by atoms with Gasteiger partial charge < -0.3 is 10.1 Å². The van der Waals surface area contributed by atoms with Crippen molar-refractivity contribution >= 4 is 64.1 Å². The third kappa shape index (κ3) is 10.4. The zero-order valence-electron chi connectivity index (χ0n) is 27.3. The molecule has 11 heteroatoms. The van der Waals surface area contributed by atoms with Crippen molar-refractivity contribution in [2.75, 3.05) is 11.9 Å². The predicted molar refractivity (Wildman–Crippen MR) is 184 cm³/mol. The Hall–Kier alpha value is -2.65. The Morgan fingerprint density at radius 3 is 1.96 bits per heavy atom. The molecule has 0 spiro atoms. The van der Waals surface area contributed by atoms with E-state index in [0.717, 1.165) is 24.8 Å². The first-order valence-electron chi connectivity index (χ1n) is 16.2. The molecule has 8 nitrogen and oxygen atoms in total. The molecule has 1 N–H and O–H groups in total. The number of carbonyl (C=O) groups excluding carboxylic acids is 4. The highest BCUT2D eigenvalue weighted by atomic mass is 35.5. The van der Waals surface area contributed by atoms with Crippen molar-refractivity contribution in [1.29, 1.82) is 0 Å². The van der Waals surface area contributed by atoms with Gasteiger partial charge in [0.1, 0.15) is 0 Å². The van der Waals surface area contributed by atoms with Gasteiger partial charge in [-0.05, 0) is 24.1 Å². The number of hydrogen-bond donors (Lipinski definition) is 1. The fourth-order valence-electron chi connectivity index (χ4n) is 5.32. The number of benzene rings is 2. The predicted octanol–water partition coefficient (Wildman–Crippen LogP) is 9.30. The van der Waals surface area contributed by atoms with Crippen LogP contribution in [0.25, 0.3) is 0 Å². The fraction of sp³-hybridized carbons (Fsp3) is 0.543. The van der Waals surface area contributed by atoms with Gasteiger partial charge in [0.05, 0.1) is 22.3 Å². The second-order valence-corrected chi connectivity index (χ2v) is 14.0. The molecule has 0 aliphatic carbocycles. The minimum Gasteiger partial charge on any atom is -0.349 e. The third-order valence-electron chi connectivity index (χ3n) is 7.90. The molecule has 2 atom stereocenters. The van der Waals surface area contributed by atoms with Gasteiger partial charge in [0.25, 0.3) is 11.8 Å². The number of halogens is 3. The van der Waals surface area contributed by atoms with Crippen molar-refractivity contribution in [2.24, 2.45) is 5.41 Å². The molecule has 3 rings (SSSR count). The van der Waals surface area contributed by atoms with Gasteiger partial charge in [-0.2, -0.15) is 0 Å². The van der Waals surface area contributed by atoms with E-state index in [0.29, 0.717) is 11.3 Å². The van der Waals surface area contributed by atoms with E-state index in [4.69, 9.17) is 39.5 Å². The molecule has 46 heavy (non-hydrogen) atoms. The first-order chi connectivity index (χ1) is 21.9. The van der Waals surface area contributed by atoms with Crippen LogP contribution in [0.5, 0.6) is 0 Å². The Bertz CT molecular complexity index is 1330. The summed E-state index contributed by atoms with van der Waals surface area (Å²) in [6.45, 7) is 7.36. The van der Waals surface area contributed by atoms with E-state index in [9.17, 15) is 19.2 Å². The molecule has 4 amide bonds. The number of rotatable bonds is 18. The lowest BCUT2D eigenvalue weighted by molar-refractivity contribution is -0.150. The van der Waals surface area contributed by atoms with Crippen LogP contribution in [-0.4, -0.2) is 52.3 Å². The van der Waals surface area contributed by atoms with Crippen molar-refractivity contribution in [1.82, 2.24) is 9.80 Å². The number of Topliss-reactive ketones (excluding diaryl/α,β-unsaturated/α-hetero) is 1. The zero-order chi connectivity index (χ0) is 33.9. The summed E-state index contributed by atoms with van der Waals surface area (Å²) >= 11 is 18.6. The lowest BCUT2D eigenvalue weighted by atomic mass is 9.85. The number of unbranched alkanes of at least 4 members (excludes halogenated alkanes) is 9. The van der Waals surface area contributed by atoms with Crippen LogP contribution in [0.3, 0.4) is 0 Å². The summed E-state index contributed by atoms with van der Waals surface area (Å²) in [5.74, 6) is -2.34. The number of urea groups is 1. The number of nitrogens with zero attached hydrogens (tertiary/aromatic N) is 2. The molecule has 1 saturated heterocycles. The van der Waals surface area contributed by atoms with Crippen molar-refractivity contribution in [2.45, 2.75) is 111 Å². The Balaban J connectivity index is 1.79. The summed E-state index contributed by atoms with van der Waals surface area (Å²) in [6, 6.07) is 9.33. The first kappa shape index (κ1) is 37.8. The monoisotopic (exact) mass is 693 g/mol. The molecule has 1 aliphatic rings. The second-order valence-electron chi connectivity index (χ2n) is 12.8. The van der Waals surface area contributed by atoms with E-state index in [-0.39, 0.29) is 33.9 Å². The van der Waals surface area contributed by atoms with Gasteiger partial charge >= 0.3 is 6.03 Å². The van der Waals surface area contributed by atoms with Crippen molar-refractivity contribution in [3.63, 3.8) is 0 Å². The van der Waals surface area contributed by atoms with Crippen LogP contribution in [0.15, 0.2) is 42.5 Å². The molecule has 0 aromatic heterocycles. The highest BCUT2D eigenvalue weighted by Gasteiger charge is 2.54. The molecule has 0 bridgehead atoms. The Morgan fingerprint density at radius 2 is 1.41 bits per heavy atom. The van der Waals surface area contributed by atoms with Crippen LogP contribution >= 0.6 is 34.8 Å². The van der Waals surface area contributed by atoms with Crippen molar-refractivity contribution in [3.8, 4) is 0 Å². The standard InChI is InChI=1S/C35H46Cl3N3O5/c1-5-6-7-8-9-10-11-12-13-17-20-46-33-32(44)41(34(45)40(33)23-24-18-15-14-16-19-24)29(30(42)35(2,3)4)31(43)39-28-26(37)21-25(36)22-27(28)38/h14-16,18-19,21-22,29,33H,5-13,17,20,23H2,1-4H3,(H,39,43). The molecule has 1 aliphatic heterocycles. The number of imide groups is 1. The van der Waals surface area contributed by atoms with Crippen LogP contribution in [-0.2, 0) is 25.7 Å². The second kappa shape index (κ2) is 18.0. The number of nitrogens with one attached hydrogen (secondary N) is 1. The molecule has 2 aromatic carbocycles. The maximum atomic E-state index is 14.0. The molecule has 2 aromatic rings. The highest BCUT2D eigenvalue weighted by Crippen LogP contribution is 2.35. The summed E-state index contributed by atoms with van der Waals surface area (Å²) < 4.78 is 6.05. The zero-order valence-corrected chi connectivity index (χ0v) is 29.5. The lowest BCUT2D eigenvalue weighted by Gasteiger charge is -2.29. The van der Waals surface area contributed by atoms with E-state index in [1.807, 2.05) is 30.3 Å². The van der Waals surface area contributed by atoms with Crippen LogP contribution in [0.1, 0.15) is 97.5 Å². The van der Waals surface area contributed by atoms with Crippen LogP contribution in [0.4, 0.5) is 10.5 Å². The molecule has 0 saturated carbocycles. The summed E-state index contributed by atoms with van der Waals surface area (Å²) in [4.78, 5) is 57.5. The summed E-state index contributed by atoms with van der Waals surface area (Å²) in [5, 5.41) is 2.88. The molecule has 252 valence electrons. The Labute approximate surface area is 288 Å². The maximum absolute atomic E-state index is 14.0. The quantitative estimate of drug-likeness (QED) is 0.0953. The van der Waals surface area contributed by atoms with E-state index in [2.05, 4.69) is 12.2 Å². The van der Waals surface area contributed by atoms with Gasteiger partial charge in [-0.25, -0.2) is 9.69 Å². The van der Waals surface area contributed by atoms with Crippen LogP contribution in [0.2, 0.25) is 15.1 Å². The summed E-state index contributed by atoms with van der Waals surface area (Å²) in [5.41, 5.74) is -0.311. The van der Waals surface area contributed by atoms with Gasteiger partial charge in [0, 0.05) is 17.0 Å². The molecular weight excluding hydrogens is 649 g/mol. The van der Waals surface area contributed by atoms with Crippen LogP contribution < -0.4 is 5.32 Å². The Morgan fingerprint density at radius 1 is 0.870 bits per heavy atom. The molecule has 2 unspecified atom stereocenters. The number of ketones is 1. The summed E-state index contributed by atoms with van der Waals surface area (Å²) in [6.07, 6.45) is 10.1. The average Bonchev–Trinajstić information content (AvgIpc) is 3.21. The fourth-order valence-corrected chi connectivity index (χ4v) is 6.23. The number of anilines is 1. The minimum atomic E-state index is -1.80. The van der Waals surface area contributed by atoms with Gasteiger partial charge in [0.15, 0.2) is 11.8 Å². The minimum absolute atomic E-state index is 0.0124. The van der Waals surface area contributed by atoms with Crippen LogP contribution in [0, 0.1) is 5.41 Å². The van der Waals surface area contributed by atoms with Gasteiger partial charge in [-0.1, -0.05) is 151 Å². The molecular formula is C35H46Cl3N3O5. The van der Waals surface area contributed by atoms with E-state index >= 15 is 0 Å². The number of carbonyl (C=O) groups is 4. The number of ether oxygens (including phenoxy) is 1. The largest absolute Gasteiger partial charge is 0.349 e. The smallest absolute Gasteiger partial charge is 0.330 e. The lowest BCUT2D eigenvalue weighted by Crippen LogP contribution is -2.55. The first-order valence-corrected chi connectivity index (χ1v) is 17.3. The highest BCUT2D eigenvalue weighted by molar-refractivity contribution is 6.42. The van der Waals surface area contributed by atoms with E-state index in [1.165, 1.54) is 55.6 Å². The third-order valence-corrected chi connectivity index (χ3v) is 8.72. The van der Waals surface area contributed by atoms with Crippen molar-refractivity contribution < 1.29 is 23.9 Å². The Kier molecular flexibility index (Phi) is 14.8. The maximum Gasteiger partial charge on any atom is 0.330 e. The van der Waals surface area contributed by atoms with Gasteiger partial charge in [-0.3, -0.25) is 19.3 Å². The number of hydrogen-bond acceptors (Lipinski definition) is 5. The van der Waals surface area contributed by atoms with E-state index < -0.39 is 41.3 Å². The molecule has 0 radical (unpaired) electrons. The van der Waals surface area contributed by atoms with Crippen molar-refractivity contribution in [3.05, 3.63) is 63.1 Å².